The number of methoxy groups -OCH3 is 1. The van der Waals surface area contributed by atoms with Crippen molar-refractivity contribution in [3.8, 4) is 0 Å². The molecule has 0 radical (unpaired) electrons. The van der Waals surface area contributed by atoms with Gasteiger partial charge in [-0.2, -0.15) is 0 Å². The van der Waals surface area contributed by atoms with E-state index >= 15 is 0 Å². The first kappa shape index (κ1) is 13.9. The summed E-state index contributed by atoms with van der Waals surface area (Å²) in [5.74, 6) is 0.0925. The van der Waals surface area contributed by atoms with Crippen LogP contribution in [0.2, 0.25) is 0 Å². The number of Topliss-reactive ketones (excluding diaryl/α,β-unsaturated/α-hetero) is 1. The number of carbonyl (C=O) groups excluding carboxylic acids is 2. The lowest BCUT2D eigenvalue weighted by Crippen LogP contribution is -2.46. The zero-order valence-electron chi connectivity index (χ0n) is 10.2. The minimum Gasteiger partial charge on any atom is -0.453 e. The fraction of sp³-hybridized carbons (Fsp3) is 0.818. The lowest BCUT2D eigenvalue weighted by atomic mass is 9.90. The third-order valence-electron chi connectivity index (χ3n) is 2.55. The van der Waals surface area contributed by atoms with Gasteiger partial charge in [0.05, 0.1) is 13.2 Å². The Labute approximate surface area is 91.4 Å². The summed E-state index contributed by atoms with van der Waals surface area (Å²) in [6.07, 6.45) is 0.293. The molecule has 0 aliphatic carbocycles. The fourth-order valence-corrected chi connectivity index (χ4v) is 1.27. The van der Waals surface area contributed by atoms with Crippen LogP contribution in [0.3, 0.4) is 0 Å². The standard InChI is InChI=1S/C11H21NO3/c1-6-8(4)9(10(13)7(2)3)12-11(14)15-5/h7-9H,6H2,1-5H3,(H,12,14)/t8-,9+/m1/s1. The Morgan fingerprint density at radius 1 is 1.27 bits per heavy atom. The number of nitrogens with one attached hydrogen (secondary N) is 1. The number of alkyl carbamates (subject to hydrolysis) is 1. The fourth-order valence-electron chi connectivity index (χ4n) is 1.27. The number of rotatable bonds is 5. The van der Waals surface area contributed by atoms with Crippen molar-refractivity contribution in [1.29, 1.82) is 0 Å². The van der Waals surface area contributed by atoms with Crippen molar-refractivity contribution in [2.24, 2.45) is 11.8 Å². The van der Waals surface area contributed by atoms with Crippen LogP contribution in [0.1, 0.15) is 34.1 Å². The molecular weight excluding hydrogens is 194 g/mol. The van der Waals surface area contributed by atoms with Crippen LogP contribution in [0.25, 0.3) is 0 Å². The second kappa shape index (κ2) is 6.43. The van der Waals surface area contributed by atoms with Crippen molar-refractivity contribution in [1.82, 2.24) is 5.32 Å². The molecule has 0 saturated carbocycles. The molecule has 0 rings (SSSR count). The van der Waals surface area contributed by atoms with Crippen molar-refractivity contribution >= 4 is 11.9 Å². The van der Waals surface area contributed by atoms with E-state index in [9.17, 15) is 9.59 Å². The van der Waals surface area contributed by atoms with Gasteiger partial charge in [-0.05, 0) is 5.92 Å². The summed E-state index contributed by atoms with van der Waals surface area (Å²) in [6, 6.07) is -0.442. The van der Waals surface area contributed by atoms with E-state index in [2.05, 4.69) is 10.1 Å². The molecule has 0 aliphatic heterocycles. The van der Waals surface area contributed by atoms with Gasteiger partial charge in [0.2, 0.25) is 0 Å². The predicted octanol–water partition coefficient (Wildman–Crippen LogP) is 1.98. The van der Waals surface area contributed by atoms with Gasteiger partial charge >= 0.3 is 6.09 Å². The second-order valence-electron chi connectivity index (χ2n) is 4.06. The average Bonchev–Trinajstić information content (AvgIpc) is 2.23. The Balaban J connectivity index is 4.58. The van der Waals surface area contributed by atoms with E-state index in [1.807, 2.05) is 27.7 Å². The highest BCUT2D eigenvalue weighted by atomic mass is 16.5. The van der Waals surface area contributed by atoms with Gasteiger partial charge < -0.3 is 10.1 Å². The third-order valence-corrected chi connectivity index (χ3v) is 2.55. The zero-order valence-corrected chi connectivity index (χ0v) is 10.2. The highest BCUT2D eigenvalue weighted by Crippen LogP contribution is 2.13. The van der Waals surface area contributed by atoms with Crippen molar-refractivity contribution in [2.75, 3.05) is 7.11 Å². The molecule has 0 aliphatic rings. The van der Waals surface area contributed by atoms with E-state index in [0.717, 1.165) is 6.42 Å². The molecule has 4 heteroatoms. The zero-order chi connectivity index (χ0) is 12.0. The van der Waals surface area contributed by atoms with Crippen LogP contribution in [0, 0.1) is 11.8 Å². The number of ketones is 1. The molecule has 1 N–H and O–H groups in total. The highest BCUT2D eigenvalue weighted by molar-refractivity contribution is 5.89. The largest absolute Gasteiger partial charge is 0.453 e. The van der Waals surface area contributed by atoms with Crippen LogP contribution in [0.5, 0.6) is 0 Å². The first-order valence-corrected chi connectivity index (χ1v) is 5.32. The summed E-state index contributed by atoms with van der Waals surface area (Å²) in [7, 11) is 1.29. The van der Waals surface area contributed by atoms with E-state index in [-0.39, 0.29) is 17.6 Å². The van der Waals surface area contributed by atoms with Crippen LogP contribution in [-0.2, 0) is 9.53 Å². The molecule has 2 atom stereocenters. The quantitative estimate of drug-likeness (QED) is 0.763. The average molecular weight is 215 g/mol. The number of hydrogen-bond acceptors (Lipinski definition) is 3. The van der Waals surface area contributed by atoms with Crippen LogP contribution >= 0.6 is 0 Å². The molecule has 0 aromatic heterocycles. The van der Waals surface area contributed by atoms with E-state index in [4.69, 9.17) is 0 Å². The van der Waals surface area contributed by atoms with Gasteiger partial charge in [0.25, 0.3) is 0 Å². The minimum atomic E-state index is -0.547. The topological polar surface area (TPSA) is 55.4 Å². The first-order valence-electron chi connectivity index (χ1n) is 5.32. The van der Waals surface area contributed by atoms with Crippen LogP contribution in [0.15, 0.2) is 0 Å². The van der Waals surface area contributed by atoms with E-state index in [0.29, 0.717) is 0 Å². The Morgan fingerprint density at radius 2 is 1.80 bits per heavy atom. The monoisotopic (exact) mass is 215 g/mol. The van der Waals surface area contributed by atoms with E-state index in [1.165, 1.54) is 7.11 Å². The maximum Gasteiger partial charge on any atom is 0.407 e. The molecular formula is C11H21NO3. The van der Waals surface area contributed by atoms with Gasteiger partial charge in [-0.25, -0.2) is 4.79 Å². The van der Waals surface area contributed by atoms with E-state index < -0.39 is 12.1 Å². The minimum absolute atomic E-state index is 0.0507. The number of ether oxygens (including phenoxy) is 1. The summed E-state index contributed by atoms with van der Waals surface area (Å²) in [5, 5.41) is 2.59. The molecule has 0 aromatic carbocycles. The SMILES string of the molecule is CC[C@@H](C)[C@H](NC(=O)OC)C(=O)C(C)C. The summed E-state index contributed by atoms with van der Waals surface area (Å²) in [4.78, 5) is 22.9. The Hall–Kier alpha value is -1.06. The van der Waals surface area contributed by atoms with Crippen molar-refractivity contribution in [3.63, 3.8) is 0 Å². The summed E-state index contributed by atoms with van der Waals surface area (Å²) in [5.41, 5.74) is 0. The molecule has 0 fully saturated rings. The Bertz CT molecular complexity index is 226. The molecule has 4 nitrogen and oxygen atoms in total. The van der Waals surface area contributed by atoms with Gasteiger partial charge in [0.1, 0.15) is 0 Å². The van der Waals surface area contributed by atoms with Gasteiger partial charge in [0, 0.05) is 5.92 Å². The molecule has 15 heavy (non-hydrogen) atoms. The summed E-state index contributed by atoms with van der Waals surface area (Å²) >= 11 is 0. The predicted molar refractivity (Wildman–Crippen MR) is 58.6 cm³/mol. The second-order valence-corrected chi connectivity index (χ2v) is 4.06. The van der Waals surface area contributed by atoms with Crippen LogP contribution in [0.4, 0.5) is 4.79 Å². The maximum atomic E-state index is 11.8. The third kappa shape index (κ3) is 4.32. The van der Waals surface area contributed by atoms with Crippen molar-refractivity contribution < 1.29 is 14.3 Å². The summed E-state index contributed by atoms with van der Waals surface area (Å²) < 4.78 is 4.50. The van der Waals surface area contributed by atoms with E-state index in [1.54, 1.807) is 0 Å². The molecule has 0 heterocycles. The molecule has 0 spiro atoms. The van der Waals surface area contributed by atoms with Gasteiger partial charge in [-0.3, -0.25) is 4.79 Å². The van der Waals surface area contributed by atoms with Crippen molar-refractivity contribution in [2.45, 2.75) is 40.2 Å². The number of amides is 1. The Morgan fingerprint density at radius 3 is 2.13 bits per heavy atom. The Kier molecular flexibility index (Phi) is 5.97. The molecule has 0 aromatic rings. The first-order chi connectivity index (χ1) is 6.93. The molecule has 1 amide bonds. The lowest BCUT2D eigenvalue weighted by molar-refractivity contribution is -0.125. The number of carbonyl (C=O) groups is 2. The molecule has 88 valence electrons. The number of hydrogen-bond donors (Lipinski definition) is 1. The lowest BCUT2D eigenvalue weighted by Gasteiger charge is -2.23. The van der Waals surface area contributed by atoms with Crippen LogP contribution < -0.4 is 5.32 Å². The smallest absolute Gasteiger partial charge is 0.407 e. The molecule has 0 unspecified atom stereocenters. The van der Waals surface area contributed by atoms with Crippen molar-refractivity contribution in [3.05, 3.63) is 0 Å². The normalized spacial score (nSPS) is 14.5. The van der Waals surface area contributed by atoms with Gasteiger partial charge in [-0.15, -0.1) is 0 Å². The van der Waals surface area contributed by atoms with Gasteiger partial charge in [0.15, 0.2) is 5.78 Å². The molecule has 0 bridgehead atoms. The molecule has 0 saturated heterocycles. The summed E-state index contributed by atoms with van der Waals surface area (Å²) in [6.45, 7) is 7.60. The van der Waals surface area contributed by atoms with Gasteiger partial charge in [-0.1, -0.05) is 34.1 Å². The van der Waals surface area contributed by atoms with Crippen LogP contribution in [-0.4, -0.2) is 25.0 Å². The maximum absolute atomic E-state index is 11.8. The highest BCUT2D eigenvalue weighted by Gasteiger charge is 2.27.